The zero-order valence-corrected chi connectivity index (χ0v) is 20.2. The monoisotopic (exact) mass is 498 g/mol. The second kappa shape index (κ2) is 8.72. The van der Waals surface area contributed by atoms with Crippen LogP contribution in [0.3, 0.4) is 0 Å². The Morgan fingerprint density at radius 3 is 2.11 bits per heavy atom. The van der Waals surface area contributed by atoms with Crippen LogP contribution in [0.5, 0.6) is 0 Å². The molecule has 36 heavy (non-hydrogen) atoms. The summed E-state index contributed by atoms with van der Waals surface area (Å²) in [5.74, 6) is -0.321. The Balaban J connectivity index is 1.76. The molecule has 3 aromatic heterocycles. The van der Waals surface area contributed by atoms with E-state index in [0.717, 1.165) is 15.7 Å². The molecule has 10 heteroatoms. The Kier molecular flexibility index (Phi) is 5.37. The molecule has 1 aliphatic rings. The van der Waals surface area contributed by atoms with Crippen LogP contribution in [-0.2, 0) is 4.79 Å². The van der Waals surface area contributed by atoms with Crippen molar-refractivity contribution in [3.63, 3.8) is 0 Å². The van der Waals surface area contributed by atoms with Gasteiger partial charge in [0.05, 0.1) is 23.8 Å². The van der Waals surface area contributed by atoms with E-state index in [2.05, 4.69) is 15.5 Å². The maximum Gasteiger partial charge on any atom is 0.333 e. The Morgan fingerprint density at radius 1 is 0.944 bits per heavy atom. The first-order valence-electron chi connectivity index (χ1n) is 11.6. The molecule has 0 unspecified atom stereocenters. The van der Waals surface area contributed by atoms with Gasteiger partial charge in [-0.2, -0.15) is 10.2 Å². The van der Waals surface area contributed by atoms with Crippen LogP contribution in [0.2, 0.25) is 0 Å². The number of benzene rings is 2. The molecule has 0 radical (unpaired) electrons. The van der Waals surface area contributed by atoms with E-state index < -0.39 is 23.3 Å². The molecule has 1 aliphatic heterocycles. The first-order chi connectivity index (χ1) is 17.6. The van der Waals surface area contributed by atoms with Gasteiger partial charge in [-0.25, -0.2) is 9.36 Å². The van der Waals surface area contributed by atoms with Crippen LogP contribution in [-0.4, -0.2) is 36.6 Å². The number of hydrogen-bond acceptors (Lipinski definition) is 6. The third kappa shape index (κ3) is 3.41. The van der Waals surface area contributed by atoms with Crippen molar-refractivity contribution in [1.82, 2.24) is 29.4 Å². The van der Waals surface area contributed by atoms with Crippen LogP contribution in [0.15, 0.2) is 82.6 Å². The lowest BCUT2D eigenvalue weighted by molar-refractivity contribution is -0.122. The number of carbonyl (C=O) groups excluding carboxylic acids is 1. The van der Waals surface area contributed by atoms with Crippen LogP contribution in [0.4, 0.5) is 0 Å². The van der Waals surface area contributed by atoms with Gasteiger partial charge in [0.25, 0.3) is 5.56 Å². The van der Waals surface area contributed by atoms with Crippen LogP contribution >= 0.6 is 11.3 Å². The van der Waals surface area contributed by atoms with Crippen molar-refractivity contribution in [2.75, 3.05) is 6.54 Å². The van der Waals surface area contributed by atoms with Crippen molar-refractivity contribution in [2.24, 2.45) is 0 Å². The molecule has 0 aliphatic carbocycles. The predicted octanol–water partition coefficient (Wildman–Crippen LogP) is 2.81. The molecule has 2 aromatic carbocycles. The molecule has 6 rings (SSSR count). The summed E-state index contributed by atoms with van der Waals surface area (Å²) in [7, 11) is 0. The smallest absolute Gasteiger partial charge is 0.333 e. The highest BCUT2D eigenvalue weighted by Crippen LogP contribution is 2.35. The highest BCUT2D eigenvalue weighted by atomic mass is 32.1. The van der Waals surface area contributed by atoms with Gasteiger partial charge in [-0.3, -0.25) is 14.2 Å². The largest absolute Gasteiger partial charge is 0.354 e. The minimum atomic E-state index is -0.863. The molecule has 5 aromatic rings. The van der Waals surface area contributed by atoms with Crippen molar-refractivity contribution < 1.29 is 4.79 Å². The second-order valence-electron chi connectivity index (χ2n) is 8.68. The molecule has 1 N–H and O–H groups in total. The Morgan fingerprint density at radius 2 is 1.56 bits per heavy atom. The fourth-order valence-electron chi connectivity index (χ4n) is 4.92. The van der Waals surface area contributed by atoms with Crippen molar-refractivity contribution >= 4 is 27.5 Å². The van der Waals surface area contributed by atoms with Gasteiger partial charge in [0.1, 0.15) is 15.9 Å². The van der Waals surface area contributed by atoms with Gasteiger partial charge in [0, 0.05) is 12.1 Å². The van der Waals surface area contributed by atoms with E-state index in [9.17, 15) is 14.4 Å². The maximum absolute atomic E-state index is 14.2. The SMILES string of the molecule is Cc1c(-n2nccn2)sc2c1c(=O)n([C@H]1CCNC1=O)c(=O)n2C(c1ccccc1)c1ccccc1. The molecule has 1 fully saturated rings. The minimum Gasteiger partial charge on any atom is -0.354 e. The van der Waals surface area contributed by atoms with Crippen molar-refractivity contribution in [2.45, 2.75) is 25.4 Å². The van der Waals surface area contributed by atoms with E-state index in [1.807, 2.05) is 67.6 Å². The number of rotatable bonds is 5. The van der Waals surface area contributed by atoms with Crippen LogP contribution in [0.1, 0.15) is 35.2 Å². The molecule has 9 nitrogen and oxygen atoms in total. The third-order valence-corrected chi connectivity index (χ3v) is 7.84. The quantitative estimate of drug-likeness (QED) is 0.401. The van der Waals surface area contributed by atoms with Gasteiger partial charge in [0.2, 0.25) is 5.91 Å². The van der Waals surface area contributed by atoms with E-state index in [-0.39, 0.29) is 5.91 Å². The molecule has 1 saturated heterocycles. The summed E-state index contributed by atoms with van der Waals surface area (Å²) < 4.78 is 2.78. The lowest BCUT2D eigenvalue weighted by Crippen LogP contribution is -2.45. The Hall–Kier alpha value is -4.31. The average Bonchev–Trinajstić information content (AvgIpc) is 3.64. The zero-order chi connectivity index (χ0) is 24.8. The van der Waals surface area contributed by atoms with Gasteiger partial charge < -0.3 is 5.32 Å². The van der Waals surface area contributed by atoms with Gasteiger partial charge >= 0.3 is 5.69 Å². The number of nitrogens with one attached hydrogen (secondary N) is 1. The average molecular weight is 499 g/mol. The number of nitrogens with zero attached hydrogens (tertiary/aromatic N) is 5. The topological polar surface area (TPSA) is 104 Å². The van der Waals surface area contributed by atoms with Gasteiger partial charge in [-0.05, 0) is 24.5 Å². The summed E-state index contributed by atoms with van der Waals surface area (Å²) >= 11 is 1.29. The standard InChI is InChI=1S/C26H22N6O3S/c1-16-20-23(34)30(19-12-13-27-22(19)33)26(35)31(25(20)36-24(16)32-28-14-15-29-32)21(17-8-4-2-5-9-17)18-10-6-3-7-11-18/h2-11,14-15,19,21H,12-13H2,1H3,(H,27,33)/t19-/m0/s1. The molecule has 1 amide bonds. The lowest BCUT2D eigenvalue weighted by atomic mass is 9.98. The highest BCUT2D eigenvalue weighted by molar-refractivity contribution is 7.21. The van der Waals surface area contributed by atoms with Crippen LogP contribution in [0.25, 0.3) is 15.2 Å². The fourth-order valence-corrected chi connectivity index (χ4v) is 6.16. The molecule has 1 atom stereocenters. The maximum atomic E-state index is 14.2. The van der Waals surface area contributed by atoms with Gasteiger partial charge in [-0.15, -0.1) is 4.80 Å². The molecule has 0 saturated carbocycles. The summed E-state index contributed by atoms with van der Waals surface area (Å²) in [6, 6.07) is 18.0. The first kappa shape index (κ1) is 22.2. The van der Waals surface area contributed by atoms with Crippen molar-refractivity contribution in [3.05, 3.63) is 111 Å². The summed E-state index contributed by atoms with van der Waals surface area (Å²) in [6.07, 6.45) is 3.50. The number of amides is 1. The molecule has 0 spiro atoms. The summed E-state index contributed by atoms with van der Waals surface area (Å²) in [6.45, 7) is 2.24. The summed E-state index contributed by atoms with van der Waals surface area (Å²) in [5, 5.41) is 12.3. The Labute approximate surface area is 209 Å². The van der Waals surface area contributed by atoms with Crippen LogP contribution < -0.4 is 16.6 Å². The van der Waals surface area contributed by atoms with Crippen molar-refractivity contribution in [1.29, 1.82) is 0 Å². The van der Waals surface area contributed by atoms with Crippen molar-refractivity contribution in [3.8, 4) is 5.00 Å². The van der Waals surface area contributed by atoms with Gasteiger partial charge in [0.15, 0.2) is 0 Å². The molecular formula is C26H22N6O3S. The lowest BCUT2D eigenvalue weighted by Gasteiger charge is -2.24. The van der Waals surface area contributed by atoms with Crippen LogP contribution in [0, 0.1) is 6.92 Å². The number of hydrogen-bond donors (Lipinski definition) is 1. The minimum absolute atomic E-state index is 0.321. The third-order valence-electron chi connectivity index (χ3n) is 6.59. The molecule has 0 bridgehead atoms. The highest BCUT2D eigenvalue weighted by Gasteiger charge is 2.33. The second-order valence-corrected chi connectivity index (χ2v) is 9.66. The molecule has 4 heterocycles. The molecular weight excluding hydrogens is 476 g/mol. The summed E-state index contributed by atoms with van der Waals surface area (Å²) in [4.78, 5) is 42.8. The Bertz CT molecular complexity index is 1650. The number of carbonyl (C=O) groups is 1. The molecule has 180 valence electrons. The fraction of sp³-hybridized carbons (Fsp3) is 0.192. The van der Waals surface area contributed by atoms with E-state index >= 15 is 0 Å². The number of aryl methyl sites for hydroxylation is 1. The van der Waals surface area contributed by atoms with E-state index in [1.165, 1.54) is 16.1 Å². The number of fused-ring (bicyclic) bond motifs is 1. The predicted molar refractivity (Wildman–Crippen MR) is 137 cm³/mol. The van der Waals surface area contributed by atoms with E-state index in [4.69, 9.17) is 0 Å². The normalized spacial score (nSPS) is 15.6. The number of thiophene rings is 1. The van der Waals surface area contributed by atoms with E-state index in [1.54, 1.807) is 17.0 Å². The number of aromatic nitrogens is 5. The first-order valence-corrected chi connectivity index (χ1v) is 12.4. The zero-order valence-electron chi connectivity index (χ0n) is 19.4. The van der Waals surface area contributed by atoms with E-state index in [0.29, 0.717) is 33.7 Å². The summed E-state index contributed by atoms with van der Waals surface area (Å²) in [5.41, 5.74) is 1.45. The van der Waals surface area contributed by atoms with Gasteiger partial charge in [-0.1, -0.05) is 72.0 Å².